The Bertz CT molecular complexity index is 627. The molecule has 0 bridgehead atoms. The van der Waals surface area contributed by atoms with E-state index in [-0.39, 0.29) is 10.6 Å². The van der Waals surface area contributed by atoms with Crippen LogP contribution in [-0.4, -0.2) is 9.78 Å². The Labute approximate surface area is 118 Å². The molecule has 0 aliphatic carbocycles. The van der Waals surface area contributed by atoms with Gasteiger partial charge in [-0.05, 0) is 11.6 Å². The number of hydrogen-bond donors (Lipinski definition) is 1. The van der Waals surface area contributed by atoms with E-state index in [0.717, 1.165) is 10.0 Å². The van der Waals surface area contributed by atoms with Gasteiger partial charge in [0.1, 0.15) is 5.02 Å². The van der Waals surface area contributed by atoms with Crippen molar-refractivity contribution in [2.45, 2.75) is 6.54 Å². The summed E-state index contributed by atoms with van der Waals surface area (Å²) in [6, 6.07) is 7.84. The van der Waals surface area contributed by atoms with Gasteiger partial charge in [-0.25, -0.2) is 4.68 Å². The lowest BCUT2D eigenvalue weighted by molar-refractivity contribution is 0.708. The Hall–Kier alpha value is -1.33. The number of rotatable bonds is 3. The fraction of sp³-hybridized carbons (Fsp3) is 0.167. The van der Waals surface area contributed by atoms with Crippen LogP contribution in [0.4, 0.5) is 5.69 Å². The highest BCUT2D eigenvalue weighted by molar-refractivity contribution is 9.10. The van der Waals surface area contributed by atoms with E-state index in [1.807, 2.05) is 24.3 Å². The SMILES string of the molecule is Cn1ncc(NCc2ccccc2Br)c(Cl)c1=O. The topological polar surface area (TPSA) is 46.9 Å². The summed E-state index contributed by atoms with van der Waals surface area (Å²) in [7, 11) is 1.56. The summed E-state index contributed by atoms with van der Waals surface area (Å²) in [6.07, 6.45) is 1.54. The van der Waals surface area contributed by atoms with E-state index in [2.05, 4.69) is 26.3 Å². The normalized spacial score (nSPS) is 10.4. The Kier molecular flexibility index (Phi) is 4.04. The van der Waals surface area contributed by atoms with Crippen LogP contribution in [0.2, 0.25) is 5.02 Å². The van der Waals surface area contributed by atoms with E-state index >= 15 is 0 Å². The molecule has 1 N–H and O–H groups in total. The molecule has 0 fully saturated rings. The van der Waals surface area contributed by atoms with Crippen molar-refractivity contribution < 1.29 is 0 Å². The second kappa shape index (κ2) is 5.54. The second-order valence-corrected chi connectivity index (χ2v) is 4.98. The minimum atomic E-state index is -0.311. The molecular weight excluding hydrogens is 318 g/mol. The van der Waals surface area contributed by atoms with Gasteiger partial charge in [-0.1, -0.05) is 45.7 Å². The van der Waals surface area contributed by atoms with Crippen molar-refractivity contribution in [1.29, 1.82) is 0 Å². The standard InChI is InChI=1S/C12H11BrClN3O/c1-17-12(18)11(14)10(7-16-17)15-6-8-4-2-3-5-9(8)13/h2-5,7,15H,6H2,1H3. The van der Waals surface area contributed by atoms with Gasteiger partial charge in [0.2, 0.25) is 0 Å². The van der Waals surface area contributed by atoms with E-state index < -0.39 is 0 Å². The number of nitrogens with one attached hydrogen (secondary N) is 1. The third kappa shape index (κ3) is 2.73. The highest BCUT2D eigenvalue weighted by atomic mass is 79.9. The molecule has 6 heteroatoms. The van der Waals surface area contributed by atoms with Crippen molar-refractivity contribution in [2.75, 3.05) is 5.32 Å². The Morgan fingerprint density at radius 2 is 2.17 bits per heavy atom. The fourth-order valence-corrected chi connectivity index (χ4v) is 2.13. The Morgan fingerprint density at radius 3 is 2.89 bits per heavy atom. The number of aromatic nitrogens is 2. The van der Waals surface area contributed by atoms with Crippen molar-refractivity contribution in [3.05, 3.63) is 55.9 Å². The molecule has 0 amide bonds. The molecule has 0 spiro atoms. The lowest BCUT2D eigenvalue weighted by Gasteiger charge is -2.09. The van der Waals surface area contributed by atoms with E-state index in [1.165, 1.54) is 4.68 Å². The van der Waals surface area contributed by atoms with Crippen LogP contribution in [-0.2, 0) is 13.6 Å². The zero-order chi connectivity index (χ0) is 13.1. The zero-order valence-electron chi connectivity index (χ0n) is 9.65. The summed E-state index contributed by atoms with van der Waals surface area (Å²) in [5, 5.41) is 7.17. The summed E-state index contributed by atoms with van der Waals surface area (Å²) >= 11 is 9.42. The zero-order valence-corrected chi connectivity index (χ0v) is 12.0. The molecule has 18 heavy (non-hydrogen) atoms. The van der Waals surface area contributed by atoms with Crippen LogP contribution in [0.15, 0.2) is 39.7 Å². The Balaban J connectivity index is 2.19. The molecule has 1 heterocycles. The molecule has 0 saturated carbocycles. The first-order valence-electron chi connectivity index (χ1n) is 5.28. The van der Waals surface area contributed by atoms with Gasteiger partial charge >= 0.3 is 0 Å². The van der Waals surface area contributed by atoms with Crippen molar-refractivity contribution in [2.24, 2.45) is 7.05 Å². The Morgan fingerprint density at radius 1 is 1.44 bits per heavy atom. The second-order valence-electron chi connectivity index (χ2n) is 3.75. The van der Waals surface area contributed by atoms with Gasteiger partial charge in [0, 0.05) is 18.1 Å². The fourth-order valence-electron chi connectivity index (χ4n) is 1.47. The minimum Gasteiger partial charge on any atom is -0.378 e. The van der Waals surface area contributed by atoms with E-state index in [4.69, 9.17) is 11.6 Å². The first-order chi connectivity index (χ1) is 8.59. The molecular formula is C12H11BrClN3O. The van der Waals surface area contributed by atoms with Crippen molar-refractivity contribution in [3.63, 3.8) is 0 Å². The molecule has 2 rings (SSSR count). The molecule has 0 atom stereocenters. The number of hydrogen-bond acceptors (Lipinski definition) is 3. The number of halogens is 2. The summed E-state index contributed by atoms with van der Waals surface area (Å²) in [4.78, 5) is 11.6. The first kappa shape index (κ1) is 13.1. The average molecular weight is 329 g/mol. The third-order valence-electron chi connectivity index (χ3n) is 2.51. The predicted octanol–water partition coefficient (Wildman–Crippen LogP) is 2.81. The van der Waals surface area contributed by atoms with Gasteiger partial charge in [-0.3, -0.25) is 4.79 Å². The molecule has 0 unspecified atom stereocenters. The maximum atomic E-state index is 11.6. The number of nitrogens with zero attached hydrogens (tertiary/aromatic N) is 2. The van der Waals surface area contributed by atoms with E-state index in [1.54, 1.807) is 13.2 Å². The smallest absolute Gasteiger partial charge is 0.287 e. The number of benzene rings is 1. The minimum absolute atomic E-state index is 0.152. The van der Waals surface area contributed by atoms with Crippen molar-refractivity contribution in [3.8, 4) is 0 Å². The maximum Gasteiger partial charge on any atom is 0.287 e. The van der Waals surface area contributed by atoms with Crippen LogP contribution in [0.3, 0.4) is 0 Å². The molecule has 1 aromatic heterocycles. The highest BCUT2D eigenvalue weighted by Crippen LogP contribution is 2.20. The molecule has 2 aromatic rings. The summed E-state index contributed by atoms with van der Waals surface area (Å²) in [5.41, 5.74) is 1.30. The van der Waals surface area contributed by atoms with Gasteiger partial charge in [0.15, 0.2) is 0 Å². The quantitative estimate of drug-likeness (QED) is 0.942. The lowest BCUT2D eigenvalue weighted by Crippen LogP contribution is -2.21. The number of anilines is 1. The van der Waals surface area contributed by atoms with Gasteiger partial charge < -0.3 is 5.32 Å². The maximum absolute atomic E-state index is 11.6. The molecule has 4 nitrogen and oxygen atoms in total. The van der Waals surface area contributed by atoms with Crippen LogP contribution in [0.5, 0.6) is 0 Å². The van der Waals surface area contributed by atoms with Gasteiger partial charge in [-0.2, -0.15) is 5.10 Å². The molecule has 0 radical (unpaired) electrons. The monoisotopic (exact) mass is 327 g/mol. The van der Waals surface area contributed by atoms with Crippen LogP contribution in [0.1, 0.15) is 5.56 Å². The van der Waals surface area contributed by atoms with Gasteiger partial charge in [-0.15, -0.1) is 0 Å². The van der Waals surface area contributed by atoms with Crippen LogP contribution >= 0.6 is 27.5 Å². The average Bonchev–Trinajstić information content (AvgIpc) is 2.37. The predicted molar refractivity (Wildman–Crippen MR) is 76.0 cm³/mol. The van der Waals surface area contributed by atoms with E-state index in [9.17, 15) is 4.79 Å². The summed E-state index contributed by atoms with van der Waals surface area (Å²) in [5.74, 6) is 0. The lowest BCUT2D eigenvalue weighted by atomic mass is 10.2. The van der Waals surface area contributed by atoms with Crippen molar-refractivity contribution in [1.82, 2.24) is 9.78 Å². The number of aryl methyl sites for hydroxylation is 1. The molecule has 1 aromatic carbocycles. The van der Waals surface area contributed by atoms with Crippen LogP contribution in [0.25, 0.3) is 0 Å². The van der Waals surface area contributed by atoms with Gasteiger partial charge in [0.05, 0.1) is 11.9 Å². The van der Waals surface area contributed by atoms with Crippen LogP contribution < -0.4 is 10.9 Å². The van der Waals surface area contributed by atoms with Crippen LogP contribution in [0, 0.1) is 0 Å². The molecule has 0 saturated heterocycles. The summed E-state index contributed by atoms with van der Waals surface area (Å²) in [6.45, 7) is 0.565. The molecule has 0 aliphatic rings. The summed E-state index contributed by atoms with van der Waals surface area (Å²) < 4.78 is 2.21. The third-order valence-corrected chi connectivity index (χ3v) is 3.64. The highest BCUT2D eigenvalue weighted by Gasteiger charge is 2.07. The molecule has 94 valence electrons. The van der Waals surface area contributed by atoms with E-state index in [0.29, 0.717) is 12.2 Å². The molecule has 0 aliphatic heterocycles. The largest absolute Gasteiger partial charge is 0.378 e. The first-order valence-corrected chi connectivity index (χ1v) is 6.46. The van der Waals surface area contributed by atoms with Gasteiger partial charge in [0.25, 0.3) is 5.56 Å². The van der Waals surface area contributed by atoms with Crippen molar-refractivity contribution >= 4 is 33.2 Å².